The van der Waals surface area contributed by atoms with E-state index < -0.39 is 11.6 Å². The van der Waals surface area contributed by atoms with Gasteiger partial charge in [-0.3, -0.25) is 4.79 Å². The second-order valence-electron chi connectivity index (χ2n) is 5.15. The molecule has 1 fully saturated rings. The molecule has 0 aliphatic heterocycles. The predicted octanol–water partition coefficient (Wildman–Crippen LogP) is 2.73. The highest BCUT2D eigenvalue weighted by Gasteiger charge is 2.26. The van der Waals surface area contributed by atoms with Crippen molar-refractivity contribution in [2.45, 2.75) is 38.6 Å². The van der Waals surface area contributed by atoms with Gasteiger partial charge in [0.1, 0.15) is 11.5 Å². The lowest BCUT2D eigenvalue weighted by atomic mass is 9.86. The van der Waals surface area contributed by atoms with Crippen molar-refractivity contribution in [2.24, 2.45) is 11.7 Å². The SMILES string of the molecule is Cc1ccc(F)c(NC(=O)C2CCC(N)CC2)c1F. The van der Waals surface area contributed by atoms with Crippen molar-refractivity contribution in [3.8, 4) is 0 Å². The van der Waals surface area contributed by atoms with E-state index in [9.17, 15) is 13.6 Å². The molecule has 0 heterocycles. The largest absolute Gasteiger partial charge is 0.328 e. The van der Waals surface area contributed by atoms with Crippen LogP contribution in [-0.4, -0.2) is 11.9 Å². The van der Waals surface area contributed by atoms with Crippen LogP contribution in [0.2, 0.25) is 0 Å². The number of carbonyl (C=O) groups is 1. The Hall–Kier alpha value is -1.49. The minimum atomic E-state index is -0.746. The lowest BCUT2D eigenvalue weighted by Crippen LogP contribution is -2.32. The molecule has 1 aliphatic rings. The van der Waals surface area contributed by atoms with Gasteiger partial charge in [-0.1, -0.05) is 6.07 Å². The van der Waals surface area contributed by atoms with E-state index in [1.54, 1.807) is 0 Å². The van der Waals surface area contributed by atoms with Crippen LogP contribution in [0, 0.1) is 24.5 Å². The molecule has 1 aliphatic carbocycles. The summed E-state index contributed by atoms with van der Waals surface area (Å²) in [5.74, 6) is -1.99. The Labute approximate surface area is 111 Å². The third-order valence-corrected chi connectivity index (χ3v) is 3.68. The number of nitrogens with one attached hydrogen (secondary N) is 1. The summed E-state index contributed by atoms with van der Waals surface area (Å²) in [6.07, 6.45) is 2.89. The molecule has 19 heavy (non-hydrogen) atoms. The molecule has 3 nitrogen and oxygen atoms in total. The molecule has 104 valence electrons. The van der Waals surface area contributed by atoms with Crippen molar-refractivity contribution in [3.63, 3.8) is 0 Å². The Kier molecular flexibility index (Phi) is 4.14. The topological polar surface area (TPSA) is 55.1 Å². The van der Waals surface area contributed by atoms with Crippen molar-refractivity contribution in [1.82, 2.24) is 0 Å². The summed E-state index contributed by atoms with van der Waals surface area (Å²) >= 11 is 0. The van der Waals surface area contributed by atoms with Crippen molar-refractivity contribution in [3.05, 3.63) is 29.3 Å². The lowest BCUT2D eigenvalue weighted by Gasteiger charge is -2.25. The Morgan fingerprint density at radius 2 is 1.89 bits per heavy atom. The Balaban J connectivity index is 2.09. The zero-order chi connectivity index (χ0) is 14.0. The Morgan fingerprint density at radius 1 is 1.26 bits per heavy atom. The zero-order valence-electron chi connectivity index (χ0n) is 10.9. The number of hydrogen-bond acceptors (Lipinski definition) is 2. The molecule has 0 bridgehead atoms. The monoisotopic (exact) mass is 268 g/mol. The van der Waals surface area contributed by atoms with Crippen molar-refractivity contribution < 1.29 is 13.6 Å². The molecule has 1 amide bonds. The van der Waals surface area contributed by atoms with E-state index in [0.717, 1.165) is 18.9 Å². The molecule has 0 saturated heterocycles. The van der Waals surface area contributed by atoms with Crippen LogP contribution in [0.15, 0.2) is 12.1 Å². The van der Waals surface area contributed by atoms with Crippen LogP contribution in [-0.2, 0) is 4.79 Å². The van der Waals surface area contributed by atoms with Crippen LogP contribution in [0.25, 0.3) is 0 Å². The molecule has 1 aromatic carbocycles. The van der Waals surface area contributed by atoms with E-state index in [2.05, 4.69) is 5.32 Å². The number of aryl methyl sites for hydroxylation is 1. The highest BCUT2D eigenvalue weighted by molar-refractivity contribution is 5.93. The minimum Gasteiger partial charge on any atom is -0.328 e. The zero-order valence-corrected chi connectivity index (χ0v) is 10.9. The number of carbonyl (C=O) groups excluding carboxylic acids is 1. The quantitative estimate of drug-likeness (QED) is 0.866. The van der Waals surface area contributed by atoms with Crippen molar-refractivity contribution >= 4 is 11.6 Å². The molecular weight excluding hydrogens is 250 g/mol. The van der Waals surface area contributed by atoms with Gasteiger partial charge in [-0.25, -0.2) is 8.78 Å². The molecule has 0 unspecified atom stereocenters. The smallest absolute Gasteiger partial charge is 0.227 e. The number of hydrogen-bond donors (Lipinski definition) is 2. The maximum Gasteiger partial charge on any atom is 0.227 e. The summed E-state index contributed by atoms with van der Waals surface area (Å²) < 4.78 is 27.3. The fourth-order valence-electron chi connectivity index (χ4n) is 2.38. The van der Waals surface area contributed by atoms with Gasteiger partial charge in [-0.2, -0.15) is 0 Å². The third-order valence-electron chi connectivity index (χ3n) is 3.68. The van der Waals surface area contributed by atoms with Gasteiger partial charge in [0.2, 0.25) is 5.91 Å². The molecular formula is C14H18F2N2O. The first-order chi connectivity index (χ1) is 8.99. The summed E-state index contributed by atoms with van der Waals surface area (Å²) in [6.45, 7) is 1.53. The van der Waals surface area contributed by atoms with Gasteiger partial charge in [0.15, 0.2) is 5.82 Å². The minimum absolute atomic E-state index is 0.136. The molecule has 0 radical (unpaired) electrons. The van der Waals surface area contributed by atoms with Crippen LogP contribution in [0.1, 0.15) is 31.2 Å². The number of benzene rings is 1. The molecule has 2 rings (SSSR count). The van der Waals surface area contributed by atoms with Crippen LogP contribution in [0.3, 0.4) is 0 Å². The Morgan fingerprint density at radius 3 is 2.53 bits per heavy atom. The number of amides is 1. The van der Waals surface area contributed by atoms with Gasteiger partial charge in [0.05, 0.1) is 0 Å². The van der Waals surface area contributed by atoms with Gasteiger partial charge < -0.3 is 11.1 Å². The fourth-order valence-corrected chi connectivity index (χ4v) is 2.38. The standard InChI is InChI=1S/C14H18F2N2O/c1-8-2-7-11(15)13(12(8)16)18-14(19)9-3-5-10(17)6-4-9/h2,7,9-10H,3-6,17H2,1H3,(H,18,19). The average molecular weight is 268 g/mol. The number of halogens is 2. The summed E-state index contributed by atoms with van der Waals surface area (Å²) in [4.78, 5) is 12.0. The molecule has 5 heteroatoms. The maximum atomic E-state index is 13.8. The highest BCUT2D eigenvalue weighted by atomic mass is 19.1. The fraction of sp³-hybridized carbons (Fsp3) is 0.500. The summed E-state index contributed by atoms with van der Waals surface area (Å²) in [6, 6.07) is 2.64. The molecule has 1 aromatic rings. The summed E-state index contributed by atoms with van der Waals surface area (Å²) in [5.41, 5.74) is 5.73. The van der Waals surface area contributed by atoms with Gasteiger partial charge in [-0.15, -0.1) is 0 Å². The molecule has 1 saturated carbocycles. The van der Waals surface area contributed by atoms with Crippen LogP contribution in [0.5, 0.6) is 0 Å². The second kappa shape index (κ2) is 5.65. The highest BCUT2D eigenvalue weighted by Crippen LogP contribution is 2.27. The van der Waals surface area contributed by atoms with E-state index >= 15 is 0 Å². The normalized spacial score (nSPS) is 23.2. The first kappa shape index (κ1) is 13.9. The van der Waals surface area contributed by atoms with E-state index in [4.69, 9.17) is 5.73 Å². The predicted molar refractivity (Wildman–Crippen MR) is 69.7 cm³/mol. The van der Waals surface area contributed by atoms with Gasteiger partial charge >= 0.3 is 0 Å². The van der Waals surface area contributed by atoms with Crippen LogP contribution in [0.4, 0.5) is 14.5 Å². The van der Waals surface area contributed by atoms with Crippen LogP contribution >= 0.6 is 0 Å². The van der Waals surface area contributed by atoms with Gasteiger partial charge in [0, 0.05) is 12.0 Å². The maximum absolute atomic E-state index is 13.8. The first-order valence-electron chi connectivity index (χ1n) is 6.50. The first-order valence-corrected chi connectivity index (χ1v) is 6.50. The summed E-state index contributed by atoms with van der Waals surface area (Å²) in [5, 5.41) is 2.37. The lowest BCUT2D eigenvalue weighted by molar-refractivity contribution is -0.120. The van der Waals surface area contributed by atoms with E-state index in [1.165, 1.54) is 13.0 Å². The molecule has 0 aromatic heterocycles. The number of nitrogens with two attached hydrogens (primary N) is 1. The summed E-state index contributed by atoms with van der Waals surface area (Å²) in [7, 11) is 0. The van der Waals surface area contributed by atoms with Gasteiger partial charge in [-0.05, 0) is 44.2 Å². The van der Waals surface area contributed by atoms with E-state index in [0.29, 0.717) is 18.4 Å². The van der Waals surface area contributed by atoms with Gasteiger partial charge in [0.25, 0.3) is 0 Å². The van der Waals surface area contributed by atoms with Crippen molar-refractivity contribution in [1.29, 1.82) is 0 Å². The third kappa shape index (κ3) is 3.10. The van der Waals surface area contributed by atoms with Crippen molar-refractivity contribution in [2.75, 3.05) is 5.32 Å². The van der Waals surface area contributed by atoms with E-state index in [1.807, 2.05) is 0 Å². The molecule has 0 atom stereocenters. The second-order valence-corrected chi connectivity index (χ2v) is 5.15. The van der Waals surface area contributed by atoms with Crippen LogP contribution < -0.4 is 11.1 Å². The van der Waals surface area contributed by atoms with E-state index in [-0.39, 0.29) is 23.6 Å². The average Bonchev–Trinajstić information content (AvgIpc) is 2.40. The molecule has 3 N–H and O–H groups in total. The number of rotatable bonds is 2. The Bertz CT molecular complexity index is 483. The number of anilines is 1. The molecule has 0 spiro atoms.